The molecule has 1 amide bonds. The van der Waals surface area contributed by atoms with Crippen LogP contribution < -0.4 is 5.32 Å². The van der Waals surface area contributed by atoms with Gasteiger partial charge in [0.1, 0.15) is 0 Å². The summed E-state index contributed by atoms with van der Waals surface area (Å²) >= 11 is 7.53. The molecule has 2 unspecified atom stereocenters. The molecule has 2 atom stereocenters. The van der Waals surface area contributed by atoms with Gasteiger partial charge in [0.05, 0.1) is 10.5 Å². The van der Waals surface area contributed by atoms with Gasteiger partial charge in [-0.25, -0.2) is 8.42 Å². The Hall–Kier alpha value is -2.32. The van der Waals surface area contributed by atoms with Crippen LogP contribution in [-0.2, 0) is 16.6 Å². The maximum absolute atomic E-state index is 13.5. The SMILES string of the molecule is CC1CC(C)CN(S(=O)(=O)c2ccc(Sc3cccc(Cl)c3)c(C(=O)NCc3ccccc3)c2)C1. The van der Waals surface area contributed by atoms with Gasteiger partial charge in [-0.15, -0.1) is 0 Å². The fraction of sp³-hybridized carbons (Fsp3) is 0.296. The van der Waals surface area contributed by atoms with Gasteiger partial charge in [-0.2, -0.15) is 4.31 Å². The van der Waals surface area contributed by atoms with Crippen molar-refractivity contribution in [3.63, 3.8) is 0 Å². The van der Waals surface area contributed by atoms with Gasteiger partial charge < -0.3 is 5.32 Å². The molecule has 1 heterocycles. The predicted octanol–water partition coefficient (Wildman–Crippen LogP) is 6.09. The quantitative estimate of drug-likeness (QED) is 0.403. The summed E-state index contributed by atoms with van der Waals surface area (Å²) in [4.78, 5) is 15.0. The molecule has 8 heteroatoms. The van der Waals surface area contributed by atoms with Gasteiger partial charge in [-0.1, -0.05) is 73.6 Å². The minimum Gasteiger partial charge on any atom is -0.348 e. The molecule has 0 saturated carbocycles. The Labute approximate surface area is 216 Å². The number of carbonyl (C=O) groups is 1. The predicted molar refractivity (Wildman–Crippen MR) is 141 cm³/mol. The molecule has 0 aromatic heterocycles. The average molecular weight is 529 g/mol. The summed E-state index contributed by atoms with van der Waals surface area (Å²) in [5, 5.41) is 3.53. The fourth-order valence-corrected chi connectivity index (χ4v) is 7.36. The van der Waals surface area contributed by atoms with E-state index in [0.29, 0.717) is 47.0 Å². The summed E-state index contributed by atoms with van der Waals surface area (Å²) in [5.41, 5.74) is 1.29. The van der Waals surface area contributed by atoms with Crippen molar-refractivity contribution >= 4 is 39.3 Å². The van der Waals surface area contributed by atoms with E-state index in [1.165, 1.54) is 17.8 Å². The zero-order valence-electron chi connectivity index (χ0n) is 19.8. The van der Waals surface area contributed by atoms with E-state index in [4.69, 9.17) is 11.6 Å². The molecular formula is C27H29ClN2O3S2. The summed E-state index contributed by atoms with van der Waals surface area (Å²) in [6, 6.07) is 21.8. The van der Waals surface area contributed by atoms with Crippen molar-refractivity contribution in [2.24, 2.45) is 11.8 Å². The lowest BCUT2D eigenvalue weighted by molar-refractivity contribution is 0.0947. The summed E-state index contributed by atoms with van der Waals surface area (Å²) in [6.07, 6.45) is 1.01. The van der Waals surface area contributed by atoms with Gasteiger partial charge in [0.25, 0.3) is 5.91 Å². The van der Waals surface area contributed by atoms with Crippen molar-refractivity contribution < 1.29 is 13.2 Å². The summed E-state index contributed by atoms with van der Waals surface area (Å²) in [7, 11) is -3.72. The van der Waals surface area contributed by atoms with E-state index in [0.717, 1.165) is 16.9 Å². The van der Waals surface area contributed by atoms with Gasteiger partial charge in [0.15, 0.2) is 0 Å². The zero-order valence-corrected chi connectivity index (χ0v) is 22.2. The van der Waals surface area contributed by atoms with E-state index in [1.807, 2.05) is 48.5 Å². The third-order valence-corrected chi connectivity index (χ3v) is 9.12. The Morgan fingerprint density at radius 2 is 1.71 bits per heavy atom. The maximum Gasteiger partial charge on any atom is 0.252 e. The Morgan fingerprint density at radius 1 is 1.00 bits per heavy atom. The van der Waals surface area contributed by atoms with Crippen LogP contribution in [0.3, 0.4) is 0 Å². The normalized spacial score (nSPS) is 18.8. The lowest BCUT2D eigenvalue weighted by Crippen LogP contribution is -2.42. The molecule has 1 saturated heterocycles. The Morgan fingerprint density at radius 3 is 2.40 bits per heavy atom. The molecule has 3 aromatic carbocycles. The van der Waals surface area contributed by atoms with Crippen LogP contribution in [-0.4, -0.2) is 31.7 Å². The maximum atomic E-state index is 13.5. The fourth-order valence-electron chi connectivity index (χ4n) is 4.42. The first-order chi connectivity index (χ1) is 16.7. The van der Waals surface area contributed by atoms with Crippen LogP contribution in [0.1, 0.15) is 36.2 Å². The number of hydrogen-bond acceptors (Lipinski definition) is 4. The van der Waals surface area contributed by atoms with Crippen LogP contribution >= 0.6 is 23.4 Å². The molecule has 1 fully saturated rings. The topological polar surface area (TPSA) is 66.5 Å². The lowest BCUT2D eigenvalue weighted by Gasteiger charge is -2.34. The number of nitrogens with one attached hydrogen (secondary N) is 1. The highest BCUT2D eigenvalue weighted by molar-refractivity contribution is 7.99. The minimum atomic E-state index is -3.72. The van der Waals surface area contributed by atoms with Crippen LogP contribution in [0.2, 0.25) is 5.02 Å². The molecule has 0 radical (unpaired) electrons. The molecule has 0 bridgehead atoms. The minimum absolute atomic E-state index is 0.138. The number of halogens is 1. The van der Waals surface area contributed by atoms with Gasteiger partial charge in [0.2, 0.25) is 10.0 Å². The van der Waals surface area contributed by atoms with Gasteiger partial charge >= 0.3 is 0 Å². The summed E-state index contributed by atoms with van der Waals surface area (Å²) < 4.78 is 28.6. The molecule has 3 aromatic rings. The zero-order chi connectivity index (χ0) is 25.0. The van der Waals surface area contributed by atoms with Crippen molar-refractivity contribution in [1.82, 2.24) is 9.62 Å². The molecular weight excluding hydrogens is 500 g/mol. The molecule has 0 spiro atoms. The van der Waals surface area contributed by atoms with Crippen LogP contribution in [0.4, 0.5) is 0 Å². The second-order valence-corrected chi connectivity index (χ2v) is 12.6. The van der Waals surface area contributed by atoms with Gasteiger partial charge in [-0.05, 0) is 60.2 Å². The van der Waals surface area contributed by atoms with E-state index in [1.54, 1.807) is 22.5 Å². The highest BCUT2D eigenvalue weighted by Crippen LogP contribution is 2.34. The molecule has 0 aliphatic carbocycles. The molecule has 1 aliphatic heterocycles. The van der Waals surface area contributed by atoms with Crippen LogP contribution in [0.15, 0.2) is 87.5 Å². The smallest absolute Gasteiger partial charge is 0.252 e. The van der Waals surface area contributed by atoms with Crippen molar-refractivity contribution in [2.75, 3.05) is 13.1 Å². The number of sulfonamides is 1. The third kappa shape index (κ3) is 6.47. The van der Waals surface area contributed by atoms with Crippen LogP contribution in [0.5, 0.6) is 0 Å². The van der Waals surface area contributed by atoms with E-state index < -0.39 is 10.0 Å². The second-order valence-electron chi connectivity index (χ2n) is 9.15. The Balaban J connectivity index is 1.67. The van der Waals surface area contributed by atoms with E-state index in [2.05, 4.69) is 19.2 Å². The van der Waals surface area contributed by atoms with Crippen LogP contribution in [0.25, 0.3) is 0 Å². The number of piperidine rings is 1. The van der Waals surface area contributed by atoms with E-state index in [-0.39, 0.29) is 10.8 Å². The largest absolute Gasteiger partial charge is 0.348 e. The molecule has 4 rings (SSSR count). The molecule has 184 valence electrons. The molecule has 35 heavy (non-hydrogen) atoms. The third-order valence-electron chi connectivity index (χ3n) is 5.99. The number of amides is 1. The number of hydrogen-bond donors (Lipinski definition) is 1. The first-order valence-corrected chi connectivity index (χ1v) is 14.3. The highest BCUT2D eigenvalue weighted by atomic mass is 35.5. The highest BCUT2D eigenvalue weighted by Gasteiger charge is 2.32. The average Bonchev–Trinajstić information content (AvgIpc) is 2.83. The number of benzene rings is 3. The molecule has 1 aliphatic rings. The Bertz CT molecular complexity index is 1290. The number of rotatable bonds is 7. The van der Waals surface area contributed by atoms with Gasteiger partial charge in [-0.3, -0.25) is 4.79 Å². The lowest BCUT2D eigenvalue weighted by atomic mass is 9.94. The van der Waals surface area contributed by atoms with Crippen molar-refractivity contribution in [3.05, 3.63) is 88.9 Å². The molecule has 1 N–H and O–H groups in total. The van der Waals surface area contributed by atoms with Gasteiger partial charge in [0, 0.05) is 34.4 Å². The van der Waals surface area contributed by atoms with Crippen LogP contribution in [0, 0.1) is 11.8 Å². The summed E-state index contributed by atoms with van der Waals surface area (Å²) in [6.45, 7) is 5.47. The number of nitrogens with zero attached hydrogens (tertiary/aromatic N) is 1. The number of carbonyl (C=O) groups excluding carboxylic acids is 1. The van der Waals surface area contributed by atoms with Crippen molar-refractivity contribution in [1.29, 1.82) is 0 Å². The Kier molecular flexibility index (Phi) is 8.22. The van der Waals surface area contributed by atoms with E-state index >= 15 is 0 Å². The first kappa shape index (κ1) is 25.8. The monoisotopic (exact) mass is 528 g/mol. The molecule has 5 nitrogen and oxygen atoms in total. The first-order valence-electron chi connectivity index (χ1n) is 11.6. The van der Waals surface area contributed by atoms with Crippen molar-refractivity contribution in [2.45, 2.75) is 41.5 Å². The van der Waals surface area contributed by atoms with Crippen molar-refractivity contribution in [3.8, 4) is 0 Å². The summed E-state index contributed by atoms with van der Waals surface area (Å²) in [5.74, 6) is 0.260. The second kappa shape index (κ2) is 11.2. The van der Waals surface area contributed by atoms with E-state index in [9.17, 15) is 13.2 Å². The standard InChI is InChI=1S/C27H29ClN2O3S2/c1-19-13-20(2)18-30(17-19)35(32,33)24-11-12-26(34-23-10-6-9-22(28)14-23)25(15-24)27(31)29-16-21-7-4-3-5-8-21/h3-12,14-15,19-20H,13,16-18H2,1-2H3,(H,29,31).